The Morgan fingerprint density at radius 3 is 3.00 bits per heavy atom. The maximum atomic E-state index is 12.2. The van der Waals surface area contributed by atoms with Crippen molar-refractivity contribution in [1.82, 2.24) is 14.5 Å². The van der Waals surface area contributed by atoms with Crippen molar-refractivity contribution in [2.24, 2.45) is 0 Å². The molecule has 2 aromatic rings. The molecular formula is C15H21N3O2S. The van der Waals surface area contributed by atoms with Gasteiger partial charge in [-0.1, -0.05) is 13.3 Å². The summed E-state index contributed by atoms with van der Waals surface area (Å²) >= 11 is 0. The maximum absolute atomic E-state index is 12.2. The summed E-state index contributed by atoms with van der Waals surface area (Å²) in [6.07, 6.45) is 5.80. The van der Waals surface area contributed by atoms with Crippen molar-refractivity contribution < 1.29 is 8.42 Å². The highest BCUT2D eigenvalue weighted by Gasteiger charge is 2.30. The average Bonchev–Trinajstić information content (AvgIpc) is 2.80. The van der Waals surface area contributed by atoms with Gasteiger partial charge in [-0.15, -0.1) is 0 Å². The topological polar surface area (TPSA) is 64.8 Å². The minimum absolute atomic E-state index is 0.279. The standard InChI is InChI=1S/C15H21N3O2S/c1-2-9-18-14(17-13-7-5-8-16-15(13)18)11-12-6-3-4-10-21(12,19)20/h5,7-8,12H,2-4,6,9-11H2,1H3. The molecule has 1 atom stereocenters. The van der Waals surface area contributed by atoms with Gasteiger partial charge in [-0.3, -0.25) is 0 Å². The minimum atomic E-state index is -2.96. The fraction of sp³-hybridized carbons (Fsp3) is 0.600. The van der Waals surface area contributed by atoms with E-state index in [-0.39, 0.29) is 5.25 Å². The number of nitrogens with zero attached hydrogens (tertiary/aromatic N) is 3. The minimum Gasteiger partial charge on any atom is -0.313 e. The van der Waals surface area contributed by atoms with E-state index in [2.05, 4.69) is 21.5 Å². The molecule has 0 bridgehead atoms. The normalized spacial score (nSPS) is 21.7. The lowest BCUT2D eigenvalue weighted by atomic mass is 10.1. The van der Waals surface area contributed by atoms with Gasteiger partial charge in [-0.25, -0.2) is 18.4 Å². The van der Waals surface area contributed by atoms with Crippen molar-refractivity contribution in [2.45, 2.75) is 50.8 Å². The molecule has 1 fully saturated rings. The molecule has 1 saturated heterocycles. The smallest absolute Gasteiger partial charge is 0.159 e. The van der Waals surface area contributed by atoms with Gasteiger partial charge < -0.3 is 4.57 Å². The fourth-order valence-electron chi connectivity index (χ4n) is 3.07. The molecule has 1 aliphatic rings. The zero-order valence-corrected chi connectivity index (χ0v) is 13.1. The molecule has 21 heavy (non-hydrogen) atoms. The molecule has 1 unspecified atom stereocenters. The van der Waals surface area contributed by atoms with E-state index in [1.807, 2.05) is 12.1 Å². The van der Waals surface area contributed by atoms with Crippen LogP contribution < -0.4 is 0 Å². The Labute approximate surface area is 125 Å². The highest BCUT2D eigenvalue weighted by Crippen LogP contribution is 2.24. The third-order valence-corrected chi connectivity index (χ3v) is 6.43. The summed E-state index contributed by atoms with van der Waals surface area (Å²) in [5, 5.41) is -0.279. The van der Waals surface area contributed by atoms with Crippen LogP contribution in [0.15, 0.2) is 18.3 Å². The van der Waals surface area contributed by atoms with Crippen LogP contribution in [0.25, 0.3) is 11.2 Å². The highest BCUT2D eigenvalue weighted by molar-refractivity contribution is 7.92. The number of rotatable bonds is 4. The van der Waals surface area contributed by atoms with E-state index in [4.69, 9.17) is 0 Å². The monoisotopic (exact) mass is 307 g/mol. The molecule has 0 N–H and O–H groups in total. The molecule has 3 rings (SSSR count). The van der Waals surface area contributed by atoms with Gasteiger partial charge in [0.15, 0.2) is 15.5 Å². The molecule has 0 spiro atoms. The summed E-state index contributed by atoms with van der Waals surface area (Å²) in [5.41, 5.74) is 1.72. The fourth-order valence-corrected chi connectivity index (χ4v) is 4.94. The van der Waals surface area contributed by atoms with E-state index in [1.165, 1.54) is 0 Å². The van der Waals surface area contributed by atoms with Crippen LogP contribution in [0.3, 0.4) is 0 Å². The Hall–Kier alpha value is -1.43. The Balaban J connectivity index is 1.98. The first-order valence-corrected chi connectivity index (χ1v) is 9.35. The Morgan fingerprint density at radius 2 is 2.24 bits per heavy atom. The van der Waals surface area contributed by atoms with Gasteiger partial charge in [-0.2, -0.15) is 0 Å². The van der Waals surface area contributed by atoms with E-state index in [0.29, 0.717) is 12.2 Å². The summed E-state index contributed by atoms with van der Waals surface area (Å²) < 4.78 is 26.5. The van der Waals surface area contributed by atoms with E-state index < -0.39 is 9.84 Å². The van der Waals surface area contributed by atoms with E-state index in [1.54, 1.807) is 6.20 Å². The van der Waals surface area contributed by atoms with Crippen LogP contribution in [0.1, 0.15) is 38.4 Å². The van der Waals surface area contributed by atoms with Crippen LogP contribution in [0.2, 0.25) is 0 Å². The molecule has 0 saturated carbocycles. The summed E-state index contributed by atoms with van der Waals surface area (Å²) in [6, 6.07) is 3.81. The number of hydrogen-bond donors (Lipinski definition) is 0. The third kappa shape index (κ3) is 2.81. The lowest BCUT2D eigenvalue weighted by Gasteiger charge is -2.22. The first kappa shape index (κ1) is 14.5. The lowest BCUT2D eigenvalue weighted by molar-refractivity contribution is 0.527. The molecule has 6 heteroatoms. The van der Waals surface area contributed by atoms with E-state index in [0.717, 1.165) is 49.2 Å². The van der Waals surface area contributed by atoms with Crippen LogP contribution in [-0.4, -0.2) is 34.0 Å². The van der Waals surface area contributed by atoms with Crippen LogP contribution in [-0.2, 0) is 22.8 Å². The average molecular weight is 307 g/mol. The summed E-state index contributed by atoms with van der Waals surface area (Å²) in [6.45, 7) is 2.94. The number of imidazole rings is 1. The van der Waals surface area contributed by atoms with Crippen molar-refractivity contribution in [2.75, 3.05) is 5.75 Å². The highest BCUT2D eigenvalue weighted by atomic mass is 32.2. The number of fused-ring (bicyclic) bond motifs is 1. The number of aryl methyl sites for hydroxylation is 1. The number of aromatic nitrogens is 3. The van der Waals surface area contributed by atoms with E-state index >= 15 is 0 Å². The van der Waals surface area contributed by atoms with Gasteiger partial charge in [0.25, 0.3) is 0 Å². The van der Waals surface area contributed by atoms with Gasteiger partial charge in [0.2, 0.25) is 0 Å². The van der Waals surface area contributed by atoms with Gasteiger partial charge >= 0.3 is 0 Å². The van der Waals surface area contributed by atoms with Crippen molar-refractivity contribution >= 4 is 21.0 Å². The van der Waals surface area contributed by atoms with Gasteiger partial charge in [0.1, 0.15) is 11.3 Å². The largest absolute Gasteiger partial charge is 0.313 e. The van der Waals surface area contributed by atoms with Crippen molar-refractivity contribution in [3.63, 3.8) is 0 Å². The second kappa shape index (κ2) is 5.75. The van der Waals surface area contributed by atoms with Gasteiger partial charge in [-0.05, 0) is 31.4 Å². The summed E-state index contributed by atoms with van der Waals surface area (Å²) in [4.78, 5) is 9.03. The molecule has 2 aromatic heterocycles. The lowest BCUT2D eigenvalue weighted by Crippen LogP contribution is -2.31. The zero-order chi connectivity index (χ0) is 14.9. The second-order valence-corrected chi connectivity index (χ2v) is 8.12. The predicted octanol–water partition coefficient (Wildman–Crippen LogP) is 2.35. The number of pyridine rings is 1. The second-order valence-electron chi connectivity index (χ2n) is 5.71. The predicted molar refractivity (Wildman–Crippen MR) is 82.9 cm³/mol. The van der Waals surface area contributed by atoms with Crippen LogP contribution in [0, 0.1) is 0 Å². The Kier molecular flexibility index (Phi) is 3.97. The van der Waals surface area contributed by atoms with Crippen molar-refractivity contribution in [3.05, 3.63) is 24.2 Å². The zero-order valence-electron chi connectivity index (χ0n) is 12.3. The summed E-state index contributed by atoms with van der Waals surface area (Å²) in [7, 11) is -2.96. The van der Waals surface area contributed by atoms with Crippen LogP contribution >= 0.6 is 0 Å². The summed E-state index contributed by atoms with van der Waals surface area (Å²) in [5.74, 6) is 1.19. The molecule has 0 aliphatic carbocycles. The molecular weight excluding hydrogens is 286 g/mol. The Morgan fingerprint density at radius 1 is 1.38 bits per heavy atom. The molecule has 0 aromatic carbocycles. The first-order chi connectivity index (χ1) is 10.1. The van der Waals surface area contributed by atoms with Crippen molar-refractivity contribution in [1.29, 1.82) is 0 Å². The molecule has 0 amide bonds. The Bertz CT molecular complexity index is 736. The SMILES string of the molecule is CCCn1c(CC2CCCCS2(=O)=O)nc2cccnc21. The quantitative estimate of drug-likeness (QED) is 0.869. The molecule has 1 aliphatic heterocycles. The number of hydrogen-bond acceptors (Lipinski definition) is 4. The number of sulfone groups is 1. The van der Waals surface area contributed by atoms with Crippen LogP contribution in [0.5, 0.6) is 0 Å². The molecule has 0 radical (unpaired) electrons. The first-order valence-electron chi connectivity index (χ1n) is 7.63. The van der Waals surface area contributed by atoms with Crippen molar-refractivity contribution in [3.8, 4) is 0 Å². The van der Waals surface area contributed by atoms with Gasteiger partial charge in [0.05, 0.1) is 11.0 Å². The third-order valence-electron chi connectivity index (χ3n) is 4.15. The maximum Gasteiger partial charge on any atom is 0.159 e. The van der Waals surface area contributed by atoms with Gasteiger partial charge in [0, 0.05) is 19.2 Å². The molecule has 114 valence electrons. The van der Waals surface area contributed by atoms with E-state index in [9.17, 15) is 8.42 Å². The molecule has 5 nitrogen and oxygen atoms in total. The van der Waals surface area contributed by atoms with Crippen LogP contribution in [0.4, 0.5) is 0 Å². The molecule has 3 heterocycles.